The van der Waals surface area contributed by atoms with Gasteiger partial charge in [0.25, 0.3) is 0 Å². The Balaban J connectivity index is 1.50. The molecule has 0 radical (unpaired) electrons. The minimum atomic E-state index is -2.90. The summed E-state index contributed by atoms with van der Waals surface area (Å²) < 4.78 is 52.2. The van der Waals surface area contributed by atoms with Crippen LogP contribution in [0.4, 0.5) is 22.8 Å². The van der Waals surface area contributed by atoms with Crippen LogP contribution in [0.3, 0.4) is 0 Å². The van der Waals surface area contributed by atoms with Crippen molar-refractivity contribution in [2.24, 2.45) is 4.99 Å². The van der Waals surface area contributed by atoms with Gasteiger partial charge >= 0.3 is 18.7 Å². The highest BCUT2D eigenvalue weighted by molar-refractivity contribution is 7.11. The van der Waals surface area contributed by atoms with Crippen LogP contribution in [0.1, 0.15) is 49.6 Å². The van der Waals surface area contributed by atoms with E-state index in [0.29, 0.717) is 32.4 Å². The molecular weight excluding hydrogens is 611 g/mol. The second kappa shape index (κ2) is 12.2. The molecule has 5 rings (SSSR count). The maximum absolute atomic E-state index is 14.0. The van der Waals surface area contributed by atoms with E-state index in [4.69, 9.17) is 26.1 Å². The minimum absolute atomic E-state index is 0.00885. The number of aromatic nitrogens is 3. The van der Waals surface area contributed by atoms with Gasteiger partial charge in [0.05, 0.1) is 25.3 Å². The van der Waals surface area contributed by atoms with Gasteiger partial charge in [-0.2, -0.15) is 13.9 Å². The van der Waals surface area contributed by atoms with Gasteiger partial charge in [0.15, 0.2) is 10.8 Å². The summed E-state index contributed by atoms with van der Waals surface area (Å²) in [6.45, 7) is 2.33. The fraction of sp³-hybridized carbons (Fsp3) is 0.370. The molecule has 2 aliphatic rings. The third-order valence-corrected chi connectivity index (χ3v) is 7.38. The summed E-state index contributed by atoms with van der Waals surface area (Å²) >= 11 is 7.77. The summed E-state index contributed by atoms with van der Waals surface area (Å²) in [6, 6.07) is 4.28. The minimum Gasteiger partial charge on any atom is -0.444 e. The lowest BCUT2D eigenvalue weighted by Gasteiger charge is -2.29. The lowest BCUT2D eigenvalue weighted by Crippen LogP contribution is -2.40. The molecule has 2 amide bonds. The third kappa shape index (κ3) is 7.10. The predicted molar refractivity (Wildman–Crippen MR) is 152 cm³/mol. The molecule has 0 bridgehead atoms. The number of nitrogens with one attached hydrogen (secondary N) is 2. The summed E-state index contributed by atoms with van der Waals surface area (Å²) in [6.07, 6.45) is 0.723. The van der Waals surface area contributed by atoms with Gasteiger partial charge in [0.1, 0.15) is 23.6 Å². The van der Waals surface area contributed by atoms with E-state index in [1.54, 1.807) is 32.3 Å². The van der Waals surface area contributed by atoms with E-state index in [0.717, 1.165) is 12.3 Å². The molecule has 0 unspecified atom stereocenters. The Morgan fingerprint density at radius 1 is 1.33 bits per heavy atom. The number of alkyl halides is 2. The van der Waals surface area contributed by atoms with E-state index in [-0.39, 0.29) is 30.4 Å². The number of aliphatic imine (C=N–C) groups is 1. The first-order chi connectivity index (χ1) is 20.4. The zero-order valence-electron chi connectivity index (χ0n) is 23.2. The van der Waals surface area contributed by atoms with Crippen molar-refractivity contribution in [3.8, 4) is 0 Å². The number of ether oxygens (including phenoxy) is 2. The molecule has 2 N–H and O–H groups in total. The smallest absolute Gasteiger partial charge is 0.410 e. The number of cyclic esters (lactones) is 1. The lowest BCUT2D eigenvalue weighted by atomic mass is 9.93. The number of amidine groups is 1. The molecule has 11 nitrogen and oxygen atoms in total. The van der Waals surface area contributed by atoms with Crippen molar-refractivity contribution >= 4 is 46.5 Å². The summed E-state index contributed by atoms with van der Waals surface area (Å²) in [7, 11) is 0. The first kappa shape index (κ1) is 30.4. The number of alkyl carbamates (subject to hydrolysis) is 1. The number of hydrogen-bond acceptors (Lipinski definition) is 9. The molecular formula is C27H27ClF3N7O4S. The van der Waals surface area contributed by atoms with Crippen LogP contribution in [-0.2, 0) is 9.47 Å². The van der Waals surface area contributed by atoms with Crippen molar-refractivity contribution in [2.45, 2.75) is 45.1 Å². The van der Waals surface area contributed by atoms with Gasteiger partial charge < -0.3 is 20.1 Å². The average molecular weight is 638 g/mol. The normalized spacial score (nSPS) is 18.9. The van der Waals surface area contributed by atoms with Crippen LogP contribution in [0.15, 0.2) is 52.7 Å². The SMILES string of the molecule is CC(C)(C)OC(=O)NC[C@H]1CN(CC2=C(c3ccn(C(F)F)n3)[C@H](c3ccc(F)cc3Cl)N=C(c3nccs3)N2)C(=O)O1. The number of hydrogen-bond donors (Lipinski definition) is 2. The molecule has 0 aliphatic carbocycles. The van der Waals surface area contributed by atoms with Crippen LogP contribution in [0.25, 0.3) is 5.57 Å². The van der Waals surface area contributed by atoms with E-state index in [2.05, 4.69) is 20.7 Å². The van der Waals surface area contributed by atoms with Crippen LogP contribution in [0.5, 0.6) is 0 Å². The summed E-state index contributed by atoms with van der Waals surface area (Å²) in [5.74, 6) is -0.228. The largest absolute Gasteiger partial charge is 0.444 e. The van der Waals surface area contributed by atoms with Gasteiger partial charge in [-0.3, -0.25) is 9.89 Å². The van der Waals surface area contributed by atoms with Gasteiger partial charge in [0.2, 0.25) is 0 Å². The summed E-state index contributed by atoms with van der Waals surface area (Å²) in [5, 5.41) is 12.2. The number of rotatable bonds is 8. The highest BCUT2D eigenvalue weighted by Gasteiger charge is 2.37. The van der Waals surface area contributed by atoms with Crippen molar-refractivity contribution in [3.63, 3.8) is 0 Å². The quantitative estimate of drug-likeness (QED) is 0.340. The number of carbonyl (C=O) groups is 2. The Bertz CT molecular complexity index is 1570. The zero-order chi connectivity index (χ0) is 30.9. The summed E-state index contributed by atoms with van der Waals surface area (Å²) in [4.78, 5) is 35.5. The Kier molecular flexibility index (Phi) is 8.64. The molecule has 4 heterocycles. The Morgan fingerprint density at radius 3 is 2.77 bits per heavy atom. The number of carbonyl (C=O) groups excluding carboxylic acids is 2. The van der Waals surface area contributed by atoms with E-state index >= 15 is 0 Å². The van der Waals surface area contributed by atoms with Gasteiger partial charge in [-0.25, -0.2) is 23.6 Å². The van der Waals surface area contributed by atoms with E-state index in [9.17, 15) is 22.8 Å². The topological polar surface area (TPSA) is 123 Å². The Hall–Kier alpha value is -4.11. The van der Waals surface area contributed by atoms with Crippen molar-refractivity contribution in [3.05, 3.63) is 74.8 Å². The van der Waals surface area contributed by atoms with E-state index in [1.807, 2.05) is 0 Å². The fourth-order valence-corrected chi connectivity index (χ4v) is 5.38. The molecule has 2 atom stereocenters. The van der Waals surface area contributed by atoms with Crippen LogP contribution in [-0.4, -0.2) is 69.0 Å². The van der Waals surface area contributed by atoms with E-state index in [1.165, 1.54) is 34.4 Å². The molecule has 43 heavy (non-hydrogen) atoms. The molecule has 0 saturated carbocycles. The molecule has 0 spiro atoms. The van der Waals surface area contributed by atoms with E-state index < -0.39 is 42.3 Å². The number of halogens is 4. The first-order valence-electron chi connectivity index (χ1n) is 13.1. The first-order valence-corrected chi connectivity index (χ1v) is 14.3. The van der Waals surface area contributed by atoms with Gasteiger partial charge in [-0.15, -0.1) is 11.3 Å². The van der Waals surface area contributed by atoms with Crippen molar-refractivity contribution < 1.29 is 32.2 Å². The maximum Gasteiger partial charge on any atom is 0.410 e. The molecule has 2 aromatic heterocycles. The van der Waals surface area contributed by atoms with Crippen LogP contribution in [0, 0.1) is 5.82 Å². The van der Waals surface area contributed by atoms with Crippen LogP contribution < -0.4 is 10.6 Å². The highest BCUT2D eigenvalue weighted by Crippen LogP contribution is 2.41. The molecule has 16 heteroatoms. The number of nitrogens with zero attached hydrogens (tertiary/aromatic N) is 5. The second-order valence-electron chi connectivity index (χ2n) is 10.6. The number of benzene rings is 1. The molecule has 228 valence electrons. The molecule has 1 fully saturated rings. The Labute approximate surface area is 253 Å². The number of thiazole rings is 1. The standard InChI is InChI=1S/C27H27ClF3N7O4S/c1-27(2,3)42-25(39)33-11-15-12-37(26(40)41-15)13-19-20(18-6-8-38(36-18)24(30)31)21(16-5-4-14(29)10-17(16)28)35-22(34-19)23-32-7-9-43-23/h4-10,15,21,24H,11-13H2,1-3H3,(H,33,39)(H,34,35)/t15-,21-/m0/s1. The maximum atomic E-state index is 14.0. The van der Waals surface area contributed by atoms with Crippen LogP contribution in [0.2, 0.25) is 5.02 Å². The highest BCUT2D eigenvalue weighted by atomic mass is 35.5. The van der Waals surface area contributed by atoms with Crippen LogP contribution >= 0.6 is 22.9 Å². The second-order valence-corrected chi connectivity index (χ2v) is 11.9. The van der Waals surface area contributed by atoms with Crippen molar-refractivity contribution in [1.29, 1.82) is 0 Å². The molecule has 2 aliphatic heterocycles. The molecule has 3 aromatic rings. The van der Waals surface area contributed by atoms with Gasteiger partial charge in [-0.05, 0) is 39.0 Å². The third-order valence-electron chi connectivity index (χ3n) is 6.27. The van der Waals surface area contributed by atoms with Gasteiger partial charge in [-0.1, -0.05) is 17.7 Å². The van der Waals surface area contributed by atoms with Crippen molar-refractivity contribution in [1.82, 2.24) is 30.3 Å². The molecule has 1 aromatic carbocycles. The lowest BCUT2D eigenvalue weighted by molar-refractivity contribution is 0.0496. The van der Waals surface area contributed by atoms with Crippen molar-refractivity contribution in [2.75, 3.05) is 19.6 Å². The average Bonchev–Trinajstić information content (AvgIpc) is 3.68. The summed E-state index contributed by atoms with van der Waals surface area (Å²) in [5.41, 5.74) is 0.571. The van der Waals surface area contributed by atoms with Gasteiger partial charge in [0, 0.05) is 39.6 Å². The fourth-order valence-electron chi connectivity index (χ4n) is 4.52. The molecule has 1 saturated heterocycles. The predicted octanol–water partition coefficient (Wildman–Crippen LogP) is 5.38. The Morgan fingerprint density at radius 2 is 2.12 bits per heavy atom. The number of amides is 2. The monoisotopic (exact) mass is 637 g/mol. The zero-order valence-corrected chi connectivity index (χ0v) is 24.8.